The van der Waals surface area contributed by atoms with Crippen molar-refractivity contribution in [1.29, 1.82) is 0 Å². The molecular weight excluding hydrogens is 377 g/mol. The Morgan fingerprint density at radius 2 is 1.77 bits per heavy atom. The molecule has 0 aliphatic carbocycles. The van der Waals surface area contributed by atoms with Crippen molar-refractivity contribution >= 4 is 15.7 Å². The summed E-state index contributed by atoms with van der Waals surface area (Å²) in [7, 11) is -2.99. The first-order valence-electron chi connectivity index (χ1n) is 7.03. The van der Waals surface area contributed by atoms with Crippen LogP contribution >= 0.6 is 0 Å². The lowest BCUT2D eigenvalue weighted by atomic mass is 10.1. The van der Waals surface area contributed by atoms with Gasteiger partial charge in [-0.25, -0.2) is 13.1 Å². The highest BCUT2D eigenvalue weighted by molar-refractivity contribution is 7.89. The minimum absolute atomic E-state index is 0.101. The lowest BCUT2D eigenvalue weighted by Crippen LogP contribution is -2.24. The van der Waals surface area contributed by atoms with E-state index in [2.05, 4.69) is 4.72 Å². The van der Waals surface area contributed by atoms with Crippen LogP contribution < -0.4 is 9.46 Å². The first-order valence-corrected chi connectivity index (χ1v) is 8.51. The number of ether oxygens (including phenoxy) is 1. The second-order valence-electron chi connectivity index (χ2n) is 5.11. The van der Waals surface area contributed by atoms with Gasteiger partial charge in [0.1, 0.15) is 10.6 Å². The summed E-state index contributed by atoms with van der Waals surface area (Å²) in [5.41, 5.74) is -1.02. The van der Waals surface area contributed by atoms with Crippen LogP contribution in [0.15, 0.2) is 47.4 Å². The normalized spacial score (nSPS) is 12.0. The van der Waals surface area contributed by atoms with E-state index < -0.39 is 37.3 Å². The molecule has 2 aromatic carbocycles. The molecule has 2 aromatic rings. The number of nitrogens with one attached hydrogen (secondary N) is 1. The van der Waals surface area contributed by atoms with Gasteiger partial charge in [0.25, 0.3) is 5.69 Å². The number of nitro benzene ring substituents is 1. The number of methoxy groups -OCH3 is 1. The Balaban J connectivity index is 2.24. The number of benzene rings is 2. The van der Waals surface area contributed by atoms with E-state index in [1.807, 2.05) is 0 Å². The molecule has 140 valence electrons. The summed E-state index contributed by atoms with van der Waals surface area (Å²) in [6.45, 7) is -0.299. The molecule has 0 aliphatic heterocycles. The zero-order valence-electron chi connectivity index (χ0n) is 13.3. The molecule has 0 saturated heterocycles. The number of sulfonamides is 1. The van der Waals surface area contributed by atoms with Crippen LogP contribution in [0.1, 0.15) is 11.1 Å². The molecule has 26 heavy (non-hydrogen) atoms. The Morgan fingerprint density at radius 3 is 2.27 bits per heavy atom. The third kappa shape index (κ3) is 4.49. The maximum Gasteiger partial charge on any atom is 0.416 e. The van der Waals surface area contributed by atoms with E-state index in [0.29, 0.717) is 0 Å². The molecule has 1 N–H and O–H groups in total. The summed E-state index contributed by atoms with van der Waals surface area (Å²) < 4.78 is 69.4. The predicted molar refractivity (Wildman–Crippen MR) is 85.1 cm³/mol. The number of halogens is 3. The Bertz CT molecular complexity index is 912. The van der Waals surface area contributed by atoms with E-state index >= 15 is 0 Å². The van der Waals surface area contributed by atoms with Crippen LogP contribution in [0.3, 0.4) is 0 Å². The van der Waals surface area contributed by atoms with Gasteiger partial charge in [0, 0.05) is 18.7 Å². The average molecular weight is 390 g/mol. The van der Waals surface area contributed by atoms with Gasteiger partial charge >= 0.3 is 6.18 Å². The molecule has 0 radical (unpaired) electrons. The Morgan fingerprint density at radius 1 is 1.15 bits per heavy atom. The SMILES string of the molecule is COc1ccc([N+](=O)[O-])cc1S(=O)(=O)NCc1ccc(C(F)(F)F)cc1. The number of nitrogens with zero attached hydrogens (tertiary/aromatic N) is 1. The van der Waals surface area contributed by atoms with Crippen LogP contribution in [0.4, 0.5) is 18.9 Å². The van der Waals surface area contributed by atoms with Gasteiger partial charge in [-0.05, 0) is 23.8 Å². The molecule has 0 atom stereocenters. The van der Waals surface area contributed by atoms with Gasteiger partial charge in [-0.15, -0.1) is 0 Å². The van der Waals surface area contributed by atoms with Crippen LogP contribution in [0, 0.1) is 10.1 Å². The van der Waals surface area contributed by atoms with Gasteiger partial charge in [0.05, 0.1) is 17.6 Å². The van der Waals surface area contributed by atoms with Gasteiger partial charge in [-0.3, -0.25) is 10.1 Å². The highest BCUT2D eigenvalue weighted by Crippen LogP contribution is 2.30. The fraction of sp³-hybridized carbons (Fsp3) is 0.200. The number of rotatable bonds is 6. The Labute approximate surface area is 146 Å². The van der Waals surface area contributed by atoms with E-state index in [0.717, 1.165) is 42.5 Å². The zero-order chi connectivity index (χ0) is 19.5. The van der Waals surface area contributed by atoms with Crippen molar-refractivity contribution in [3.8, 4) is 5.75 Å². The fourth-order valence-corrected chi connectivity index (χ4v) is 3.26. The second-order valence-corrected chi connectivity index (χ2v) is 6.85. The highest BCUT2D eigenvalue weighted by atomic mass is 32.2. The van der Waals surface area contributed by atoms with E-state index in [-0.39, 0.29) is 17.9 Å². The smallest absolute Gasteiger partial charge is 0.416 e. The summed E-state index contributed by atoms with van der Waals surface area (Å²) in [5, 5.41) is 10.8. The molecule has 0 bridgehead atoms. The van der Waals surface area contributed by atoms with Crippen LogP contribution in [-0.4, -0.2) is 20.5 Å². The van der Waals surface area contributed by atoms with Gasteiger partial charge in [-0.1, -0.05) is 12.1 Å². The van der Waals surface area contributed by atoms with E-state index in [4.69, 9.17) is 4.74 Å². The number of nitro groups is 1. The zero-order valence-corrected chi connectivity index (χ0v) is 14.1. The molecule has 0 fully saturated rings. The van der Waals surface area contributed by atoms with Gasteiger partial charge in [0.2, 0.25) is 10.0 Å². The molecule has 0 aromatic heterocycles. The summed E-state index contributed by atoms with van der Waals surface area (Å²) in [5.74, 6) is -0.101. The van der Waals surface area contributed by atoms with E-state index in [1.54, 1.807) is 0 Å². The largest absolute Gasteiger partial charge is 0.495 e. The molecule has 0 unspecified atom stereocenters. The first-order chi connectivity index (χ1) is 12.0. The molecule has 0 amide bonds. The van der Waals surface area contributed by atoms with Crippen LogP contribution in [-0.2, 0) is 22.7 Å². The van der Waals surface area contributed by atoms with Crippen molar-refractivity contribution in [2.75, 3.05) is 7.11 Å². The van der Waals surface area contributed by atoms with E-state index in [1.165, 1.54) is 7.11 Å². The molecule has 2 rings (SSSR count). The molecule has 7 nitrogen and oxygen atoms in total. The second kappa shape index (κ2) is 7.30. The van der Waals surface area contributed by atoms with Crippen molar-refractivity contribution in [3.63, 3.8) is 0 Å². The Kier molecular flexibility index (Phi) is 5.52. The standard InChI is InChI=1S/C15H13F3N2O5S/c1-25-13-7-6-12(20(21)22)8-14(13)26(23,24)19-9-10-2-4-11(5-3-10)15(16,17)18/h2-8,19H,9H2,1H3. The molecule has 0 heterocycles. The van der Waals surface area contributed by atoms with Crippen LogP contribution in [0.2, 0.25) is 0 Å². The minimum Gasteiger partial charge on any atom is -0.495 e. The first kappa shape index (κ1) is 19.7. The quantitative estimate of drug-likeness (QED) is 0.604. The third-order valence-electron chi connectivity index (χ3n) is 3.40. The average Bonchev–Trinajstić information content (AvgIpc) is 2.59. The summed E-state index contributed by atoms with van der Waals surface area (Å²) in [4.78, 5) is 9.63. The number of non-ortho nitro benzene ring substituents is 1. The highest BCUT2D eigenvalue weighted by Gasteiger charge is 2.30. The van der Waals surface area contributed by atoms with Crippen LogP contribution in [0.25, 0.3) is 0 Å². The molecular formula is C15H13F3N2O5S. The Hall–Kier alpha value is -2.66. The van der Waals surface area contributed by atoms with Crippen molar-refractivity contribution in [1.82, 2.24) is 4.72 Å². The lowest BCUT2D eigenvalue weighted by Gasteiger charge is -2.11. The topological polar surface area (TPSA) is 98.5 Å². The van der Waals surface area contributed by atoms with Gasteiger partial charge in [-0.2, -0.15) is 13.2 Å². The third-order valence-corrected chi connectivity index (χ3v) is 4.82. The lowest BCUT2D eigenvalue weighted by molar-refractivity contribution is -0.385. The number of alkyl halides is 3. The molecule has 0 spiro atoms. The van der Waals surface area contributed by atoms with Crippen molar-refractivity contribution < 1.29 is 31.2 Å². The summed E-state index contributed by atoms with van der Waals surface area (Å²) in [6, 6.07) is 7.01. The van der Waals surface area contributed by atoms with Crippen LogP contribution in [0.5, 0.6) is 5.75 Å². The van der Waals surface area contributed by atoms with Gasteiger partial charge < -0.3 is 4.74 Å². The monoisotopic (exact) mass is 390 g/mol. The maximum atomic E-state index is 12.5. The molecule has 0 aliphatic rings. The maximum absolute atomic E-state index is 12.5. The summed E-state index contributed by atoms with van der Waals surface area (Å²) >= 11 is 0. The van der Waals surface area contributed by atoms with Crippen molar-refractivity contribution in [2.24, 2.45) is 0 Å². The van der Waals surface area contributed by atoms with Crippen molar-refractivity contribution in [3.05, 3.63) is 63.7 Å². The molecule has 11 heteroatoms. The summed E-state index contributed by atoms with van der Waals surface area (Å²) in [6.07, 6.45) is -4.49. The number of hydrogen-bond acceptors (Lipinski definition) is 5. The minimum atomic E-state index is -4.49. The molecule has 0 saturated carbocycles. The van der Waals surface area contributed by atoms with E-state index in [9.17, 15) is 31.7 Å². The van der Waals surface area contributed by atoms with Crippen molar-refractivity contribution in [2.45, 2.75) is 17.6 Å². The fourth-order valence-electron chi connectivity index (χ4n) is 2.06. The van der Waals surface area contributed by atoms with Gasteiger partial charge in [0.15, 0.2) is 0 Å². The number of hydrogen-bond donors (Lipinski definition) is 1. The predicted octanol–water partition coefficient (Wildman–Crippen LogP) is 3.10.